The van der Waals surface area contributed by atoms with Gasteiger partial charge >= 0.3 is 0 Å². The maximum atomic E-state index is 11.6. The highest BCUT2D eigenvalue weighted by atomic mass is 35.5. The molecule has 2 N–H and O–H groups in total. The number of hydrogen-bond acceptors (Lipinski definition) is 3. The van der Waals surface area contributed by atoms with Crippen LogP contribution in [0.5, 0.6) is 5.75 Å². The molecule has 0 unspecified atom stereocenters. The second-order valence-electron chi connectivity index (χ2n) is 3.69. The van der Waals surface area contributed by atoms with Gasteiger partial charge in [0.05, 0.1) is 17.8 Å². The van der Waals surface area contributed by atoms with Crippen molar-refractivity contribution >= 4 is 34.7 Å². The number of Topliss-reactive ketones (excluding diaryl/α,β-unsaturated/α-hetero) is 1. The molecule has 0 aliphatic heterocycles. The van der Waals surface area contributed by atoms with Gasteiger partial charge in [0.25, 0.3) is 0 Å². The molecule has 0 atom stereocenters. The van der Waals surface area contributed by atoms with Crippen molar-refractivity contribution in [3.8, 4) is 5.75 Å². The van der Waals surface area contributed by atoms with Crippen molar-refractivity contribution < 1.29 is 9.53 Å². The number of benzene rings is 1. The molecule has 0 fully saturated rings. The summed E-state index contributed by atoms with van der Waals surface area (Å²) in [6.45, 7) is 0. The predicted octanol–water partition coefficient (Wildman–Crippen LogP) is 3.06. The molecule has 94 valence electrons. The van der Waals surface area contributed by atoms with E-state index in [2.05, 4.69) is 0 Å². The van der Waals surface area contributed by atoms with E-state index < -0.39 is 0 Å². The Morgan fingerprint density at radius 3 is 2.76 bits per heavy atom. The van der Waals surface area contributed by atoms with Crippen molar-refractivity contribution in [2.24, 2.45) is 0 Å². The summed E-state index contributed by atoms with van der Waals surface area (Å²) in [6.07, 6.45) is 1.44. The van der Waals surface area contributed by atoms with Gasteiger partial charge in [-0.05, 0) is 12.5 Å². The monoisotopic (exact) mass is 275 g/mol. The molecule has 0 heterocycles. The minimum atomic E-state index is 0.116. The van der Waals surface area contributed by atoms with Gasteiger partial charge in [0.2, 0.25) is 0 Å². The predicted molar refractivity (Wildman–Crippen MR) is 71.1 cm³/mol. The van der Waals surface area contributed by atoms with Crippen molar-refractivity contribution in [3.05, 3.63) is 22.7 Å². The van der Waals surface area contributed by atoms with Crippen LogP contribution in [-0.4, -0.2) is 18.8 Å². The van der Waals surface area contributed by atoms with E-state index in [1.165, 1.54) is 7.11 Å². The summed E-state index contributed by atoms with van der Waals surface area (Å²) in [4.78, 5) is 11.6. The van der Waals surface area contributed by atoms with Crippen LogP contribution in [0.1, 0.15) is 18.4 Å². The molecule has 5 heteroatoms. The fourth-order valence-electron chi connectivity index (χ4n) is 1.50. The molecule has 1 aromatic carbocycles. The van der Waals surface area contributed by atoms with Gasteiger partial charge in [-0.2, -0.15) is 0 Å². The lowest BCUT2D eigenvalue weighted by Gasteiger charge is -2.10. The summed E-state index contributed by atoms with van der Waals surface area (Å²) >= 11 is 11.5. The first kappa shape index (κ1) is 14.1. The largest absolute Gasteiger partial charge is 0.496 e. The van der Waals surface area contributed by atoms with E-state index >= 15 is 0 Å². The van der Waals surface area contributed by atoms with Crippen molar-refractivity contribution in [1.29, 1.82) is 0 Å². The van der Waals surface area contributed by atoms with Gasteiger partial charge in [-0.3, -0.25) is 4.79 Å². The molecule has 1 aromatic rings. The van der Waals surface area contributed by atoms with Crippen molar-refractivity contribution in [2.75, 3.05) is 18.7 Å². The fourth-order valence-corrected chi connectivity index (χ4v) is 1.82. The third kappa shape index (κ3) is 4.10. The topological polar surface area (TPSA) is 52.3 Å². The number of carbonyl (C=O) groups is 1. The maximum Gasteiger partial charge on any atom is 0.137 e. The third-order valence-electron chi connectivity index (χ3n) is 2.38. The first-order valence-electron chi connectivity index (χ1n) is 5.28. The molecule has 1 rings (SSSR count). The summed E-state index contributed by atoms with van der Waals surface area (Å²) in [5.41, 5.74) is 6.86. The van der Waals surface area contributed by atoms with E-state index in [0.29, 0.717) is 41.6 Å². The first-order chi connectivity index (χ1) is 8.08. The van der Waals surface area contributed by atoms with E-state index in [4.69, 9.17) is 33.7 Å². The summed E-state index contributed by atoms with van der Waals surface area (Å²) in [5.74, 6) is 1.20. The van der Waals surface area contributed by atoms with Gasteiger partial charge < -0.3 is 10.5 Å². The van der Waals surface area contributed by atoms with E-state index in [0.717, 1.165) is 5.56 Å². The SMILES string of the molecule is COc1cc(N)c(Cl)cc1CC(=O)CCCCl. The van der Waals surface area contributed by atoms with Gasteiger partial charge in [-0.1, -0.05) is 11.6 Å². The molecule has 0 radical (unpaired) electrons. The minimum Gasteiger partial charge on any atom is -0.496 e. The van der Waals surface area contributed by atoms with Gasteiger partial charge in [0.15, 0.2) is 0 Å². The number of anilines is 1. The highest BCUT2D eigenvalue weighted by Crippen LogP contribution is 2.29. The summed E-state index contributed by atoms with van der Waals surface area (Å²) in [6, 6.07) is 3.31. The number of hydrogen-bond donors (Lipinski definition) is 1. The Balaban J connectivity index is 2.82. The average molecular weight is 276 g/mol. The number of alkyl halides is 1. The zero-order valence-corrected chi connectivity index (χ0v) is 11.1. The normalized spacial score (nSPS) is 10.3. The zero-order chi connectivity index (χ0) is 12.8. The van der Waals surface area contributed by atoms with E-state index in [9.17, 15) is 4.79 Å². The lowest BCUT2D eigenvalue weighted by molar-refractivity contribution is -0.118. The van der Waals surface area contributed by atoms with Gasteiger partial charge in [-0.25, -0.2) is 0 Å². The van der Waals surface area contributed by atoms with Crippen LogP contribution in [0.15, 0.2) is 12.1 Å². The Morgan fingerprint density at radius 1 is 1.47 bits per heavy atom. The molecule has 0 amide bonds. The Morgan fingerprint density at radius 2 is 2.18 bits per heavy atom. The van der Waals surface area contributed by atoms with E-state index in [1.807, 2.05) is 0 Å². The van der Waals surface area contributed by atoms with E-state index in [-0.39, 0.29) is 5.78 Å². The van der Waals surface area contributed by atoms with Crippen molar-refractivity contribution in [2.45, 2.75) is 19.3 Å². The third-order valence-corrected chi connectivity index (χ3v) is 2.97. The standard InChI is InChI=1S/C12H15Cl2NO2/c1-17-12-7-11(15)10(14)6-8(12)5-9(16)3-2-4-13/h6-7H,2-5,15H2,1H3. The Kier molecular flexibility index (Phi) is 5.59. The molecular weight excluding hydrogens is 261 g/mol. The number of ether oxygens (including phenoxy) is 1. The minimum absolute atomic E-state index is 0.116. The van der Waals surface area contributed by atoms with Crippen molar-refractivity contribution in [1.82, 2.24) is 0 Å². The molecular formula is C12H15Cl2NO2. The molecule has 0 aromatic heterocycles. The average Bonchev–Trinajstić information content (AvgIpc) is 2.31. The lowest BCUT2D eigenvalue weighted by atomic mass is 10.0. The first-order valence-corrected chi connectivity index (χ1v) is 6.19. The van der Waals surface area contributed by atoms with Crippen LogP contribution in [0.3, 0.4) is 0 Å². The number of halogens is 2. The van der Waals surface area contributed by atoms with Crippen LogP contribution in [0, 0.1) is 0 Å². The number of nitrogens with two attached hydrogens (primary N) is 1. The molecule has 3 nitrogen and oxygen atoms in total. The molecule has 17 heavy (non-hydrogen) atoms. The van der Waals surface area contributed by atoms with Crippen LogP contribution >= 0.6 is 23.2 Å². The van der Waals surface area contributed by atoms with Crippen LogP contribution in [0.25, 0.3) is 0 Å². The van der Waals surface area contributed by atoms with Crippen LogP contribution in [-0.2, 0) is 11.2 Å². The van der Waals surface area contributed by atoms with E-state index in [1.54, 1.807) is 12.1 Å². The molecule has 0 saturated heterocycles. The van der Waals surface area contributed by atoms with Gasteiger partial charge in [0.1, 0.15) is 11.5 Å². The fraction of sp³-hybridized carbons (Fsp3) is 0.417. The number of rotatable bonds is 6. The second kappa shape index (κ2) is 6.72. The molecule has 0 spiro atoms. The number of carbonyl (C=O) groups excluding carboxylic acids is 1. The van der Waals surface area contributed by atoms with Gasteiger partial charge in [-0.15, -0.1) is 11.6 Å². The number of methoxy groups -OCH3 is 1. The Labute approximate surface area is 111 Å². The zero-order valence-electron chi connectivity index (χ0n) is 9.63. The summed E-state index contributed by atoms with van der Waals surface area (Å²) in [7, 11) is 1.54. The quantitative estimate of drug-likeness (QED) is 0.641. The van der Waals surface area contributed by atoms with Crippen LogP contribution in [0.2, 0.25) is 5.02 Å². The maximum absolute atomic E-state index is 11.6. The molecule has 0 bridgehead atoms. The molecule has 0 saturated carbocycles. The van der Waals surface area contributed by atoms with Gasteiger partial charge in [0, 0.05) is 30.4 Å². The Bertz CT molecular complexity index is 408. The number of nitrogen functional groups attached to an aromatic ring is 1. The highest BCUT2D eigenvalue weighted by Gasteiger charge is 2.11. The Hall–Kier alpha value is -0.930. The molecule has 0 aliphatic rings. The number of ketones is 1. The van der Waals surface area contributed by atoms with Crippen LogP contribution in [0.4, 0.5) is 5.69 Å². The molecule has 0 aliphatic carbocycles. The van der Waals surface area contributed by atoms with Crippen LogP contribution < -0.4 is 10.5 Å². The lowest BCUT2D eigenvalue weighted by Crippen LogP contribution is -2.05. The summed E-state index contributed by atoms with van der Waals surface area (Å²) in [5, 5.41) is 0.436. The highest BCUT2D eigenvalue weighted by molar-refractivity contribution is 6.33. The second-order valence-corrected chi connectivity index (χ2v) is 4.48. The smallest absolute Gasteiger partial charge is 0.137 e. The summed E-state index contributed by atoms with van der Waals surface area (Å²) < 4.78 is 5.17. The van der Waals surface area contributed by atoms with Crippen molar-refractivity contribution in [3.63, 3.8) is 0 Å².